The number of carbonyl (C=O) groups excluding carboxylic acids is 1. The molecule has 6 nitrogen and oxygen atoms in total. The van der Waals surface area contributed by atoms with Crippen molar-refractivity contribution in [3.8, 4) is 0 Å². The molecule has 2 aliphatic carbocycles. The van der Waals surface area contributed by atoms with Crippen molar-refractivity contribution in [2.45, 2.75) is 59.2 Å². The Morgan fingerprint density at radius 2 is 1.92 bits per heavy atom. The number of nitrogens with one attached hydrogen (secondary N) is 1. The van der Waals surface area contributed by atoms with Crippen LogP contribution in [0.1, 0.15) is 53.4 Å². The number of rotatable bonds is 7. The van der Waals surface area contributed by atoms with Crippen LogP contribution in [0.2, 0.25) is 0 Å². The molecular weight excluding hydrogens is 339 g/mol. The summed E-state index contributed by atoms with van der Waals surface area (Å²) >= 11 is 0. The Labute approximate surface area is 152 Å². The summed E-state index contributed by atoms with van der Waals surface area (Å²) in [4.78, 5) is 21.6. The van der Waals surface area contributed by atoms with Crippen molar-refractivity contribution in [1.82, 2.24) is 10.4 Å². The second-order valence-corrected chi connectivity index (χ2v) is 8.26. The Morgan fingerprint density at radius 1 is 1.32 bits per heavy atom. The van der Waals surface area contributed by atoms with E-state index in [-0.39, 0.29) is 19.0 Å². The van der Waals surface area contributed by atoms with Crippen LogP contribution in [-0.4, -0.2) is 46.6 Å². The van der Waals surface area contributed by atoms with Gasteiger partial charge in [-0.05, 0) is 37.2 Å². The maximum atomic E-state index is 11.9. The normalized spacial score (nSPS) is 19.2. The summed E-state index contributed by atoms with van der Waals surface area (Å²) in [6, 6.07) is 0. The zero-order chi connectivity index (χ0) is 19.5. The SMILES string of the molecule is CC.CC.CP(=O)(O)C(NCC(=O)N(O)CC1=CCCC=C1)C1CC1. The minimum atomic E-state index is -3.28. The zero-order valence-electron chi connectivity index (χ0n) is 16.2. The molecule has 0 aromatic carbocycles. The van der Waals surface area contributed by atoms with Crippen molar-refractivity contribution in [3.63, 3.8) is 0 Å². The highest BCUT2D eigenvalue weighted by atomic mass is 31.2. The van der Waals surface area contributed by atoms with Gasteiger partial charge in [0.25, 0.3) is 5.91 Å². The third-order valence-electron chi connectivity index (χ3n) is 3.74. The largest absolute Gasteiger partial charge is 0.343 e. The predicted octanol–water partition coefficient (Wildman–Crippen LogP) is 3.76. The lowest BCUT2D eigenvalue weighted by Gasteiger charge is -2.22. The summed E-state index contributed by atoms with van der Waals surface area (Å²) in [5.74, 6) is -0.882. The molecule has 0 bridgehead atoms. The molecule has 7 heteroatoms. The number of hydrogen-bond acceptors (Lipinski definition) is 4. The van der Waals surface area contributed by atoms with Crippen molar-refractivity contribution in [2.75, 3.05) is 19.8 Å². The molecule has 0 aliphatic heterocycles. The Hall–Kier alpha value is -0.940. The molecule has 146 valence electrons. The van der Waals surface area contributed by atoms with Gasteiger partial charge < -0.3 is 4.89 Å². The maximum Gasteiger partial charge on any atom is 0.260 e. The van der Waals surface area contributed by atoms with E-state index in [2.05, 4.69) is 5.32 Å². The monoisotopic (exact) mass is 374 g/mol. The lowest BCUT2D eigenvalue weighted by atomic mass is 10.1. The standard InChI is InChI=1S/C14H23N2O4P.2C2H6/c1-21(19,20)14(12-7-8-12)15-9-13(17)16(18)10-11-5-3-2-4-6-11;2*1-2/h3,5-6,12,14-15,18H,2,4,7-10H2,1H3,(H,19,20);2*1-2H3. The number of hydroxylamine groups is 2. The van der Waals surface area contributed by atoms with Crippen LogP contribution in [0, 0.1) is 5.92 Å². The minimum Gasteiger partial charge on any atom is -0.343 e. The van der Waals surface area contributed by atoms with E-state index in [1.165, 1.54) is 6.66 Å². The zero-order valence-corrected chi connectivity index (χ0v) is 17.1. The van der Waals surface area contributed by atoms with E-state index in [4.69, 9.17) is 0 Å². The molecular formula is C18H35N2O4P. The second-order valence-electron chi connectivity index (χ2n) is 5.82. The molecule has 2 aliphatic rings. The van der Waals surface area contributed by atoms with Crippen LogP contribution in [0.5, 0.6) is 0 Å². The smallest absolute Gasteiger partial charge is 0.260 e. The molecule has 0 aromatic rings. The molecule has 0 radical (unpaired) electrons. The molecule has 2 rings (SSSR count). The van der Waals surface area contributed by atoms with Crippen molar-refractivity contribution in [3.05, 3.63) is 23.8 Å². The lowest BCUT2D eigenvalue weighted by molar-refractivity contribution is -0.162. The second kappa shape index (κ2) is 12.4. The highest BCUT2D eigenvalue weighted by Crippen LogP contribution is 2.51. The van der Waals surface area contributed by atoms with Crippen molar-refractivity contribution in [1.29, 1.82) is 0 Å². The fourth-order valence-electron chi connectivity index (χ4n) is 2.47. The number of carbonyl (C=O) groups is 1. The van der Waals surface area contributed by atoms with Crippen LogP contribution in [-0.2, 0) is 9.36 Å². The molecule has 0 spiro atoms. The maximum absolute atomic E-state index is 11.9. The first-order valence-electron chi connectivity index (χ1n) is 9.26. The van der Waals surface area contributed by atoms with Gasteiger partial charge in [0.2, 0.25) is 7.37 Å². The van der Waals surface area contributed by atoms with E-state index >= 15 is 0 Å². The summed E-state index contributed by atoms with van der Waals surface area (Å²) in [6.07, 6.45) is 9.61. The number of nitrogens with zero attached hydrogens (tertiary/aromatic N) is 1. The highest BCUT2D eigenvalue weighted by molar-refractivity contribution is 7.57. The molecule has 0 heterocycles. The van der Waals surface area contributed by atoms with Gasteiger partial charge in [-0.1, -0.05) is 45.9 Å². The first-order valence-corrected chi connectivity index (χ1v) is 11.4. The number of amides is 1. The summed E-state index contributed by atoms with van der Waals surface area (Å²) in [5, 5.41) is 13.3. The average molecular weight is 374 g/mol. The van der Waals surface area contributed by atoms with Crippen LogP contribution < -0.4 is 5.32 Å². The topological polar surface area (TPSA) is 89.9 Å². The minimum absolute atomic E-state index is 0.132. The van der Waals surface area contributed by atoms with Gasteiger partial charge in [0.15, 0.2) is 0 Å². The van der Waals surface area contributed by atoms with Gasteiger partial charge in [-0.15, -0.1) is 0 Å². The highest BCUT2D eigenvalue weighted by Gasteiger charge is 2.40. The summed E-state index contributed by atoms with van der Waals surface area (Å²) in [6.45, 7) is 9.32. The molecule has 2 unspecified atom stereocenters. The van der Waals surface area contributed by atoms with Crippen LogP contribution in [0.15, 0.2) is 23.8 Å². The van der Waals surface area contributed by atoms with Gasteiger partial charge >= 0.3 is 0 Å². The third kappa shape index (κ3) is 9.36. The third-order valence-corrected chi connectivity index (χ3v) is 5.38. The van der Waals surface area contributed by atoms with Crippen LogP contribution >= 0.6 is 7.37 Å². The fraction of sp³-hybridized carbons (Fsp3) is 0.722. The first-order chi connectivity index (χ1) is 11.9. The Bertz CT molecular complexity index is 495. The van der Waals surface area contributed by atoms with Gasteiger partial charge in [-0.3, -0.25) is 19.9 Å². The Morgan fingerprint density at radius 3 is 2.36 bits per heavy atom. The summed E-state index contributed by atoms with van der Waals surface area (Å²) in [7, 11) is -3.28. The van der Waals surface area contributed by atoms with Gasteiger partial charge in [0, 0.05) is 6.66 Å². The molecule has 1 saturated carbocycles. The van der Waals surface area contributed by atoms with E-state index in [0.717, 1.165) is 31.3 Å². The number of hydrogen-bond donors (Lipinski definition) is 3. The summed E-state index contributed by atoms with van der Waals surface area (Å²) in [5.41, 5.74) is 0.902. The van der Waals surface area contributed by atoms with Gasteiger partial charge in [-0.25, -0.2) is 5.06 Å². The van der Waals surface area contributed by atoms with Gasteiger partial charge in [0.1, 0.15) is 0 Å². The molecule has 1 amide bonds. The lowest BCUT2D eigenvalue weighted by Crippen LogP contribution is -2.41. The molecule has 3 N–H and O–H groups in total. The van der Waals surface area contributed by atoms with Crippen LogP contribution in [0.25, 0.3) is 0 Å². The predicted molar refractivity (Wildman–Crippen MR) is 103 cm³/mol. The van der Waals surface area contributed by atoms with Crippen molar-refractivity contribution >= 4 is 13.3 Å². The van der Waals surface area contributed by atoms with Crippen molar-refractivity contribution in [2.24, 2.45) is 5.92 Å². The fourth-order valence-corrected chi connectivity index (χ4v) is 3.98. The molecule has 2 atom stereocenters. The number of allylic oxidation sites excluding steroid dienone is 2. The molecule has 0 aromatic heterocycles. The Balaban J connectivity index is 0.00000134. The summed E-state index contributed by atoms with van der Waals surface area (Å²) < 4.78 is 11.8. The van der Waals surface area contributed by atoms with E-state index in [9.17, 15) is 19.5 Å². The molecule has 0 saturated heterocycles. The quantitative estimate of drug-likeness (QED) is 0.359. The van der Waals surface area contributed by atoms with Crippen molar-refractivity contribution < 1.29 is 19.5 Å². The average Bonchev–Trinajstić information content (AvgIpc) is 3.43. The van der Waals surface area contributed by atoms with Crippen LogP contribution in [0.3, 0.4) is 0 Å². The molecule has 25 heavy (non-hydrogen) atoms. The van der Waals surface area contributed by atoms with E-state index in [1.54, 1.807) is 0 Å². The first kappa shape index (κ1) is 24.1. The van der Waals surface area contributed by atoms with Crippen LogP contribution in [0.4, 0.5) is 0 Å². The van der Waals surface area contributed by atoms with Gasteiger partial charge in [0.05, 0.1) is 18.9 Å². The van der Waals surface area contributed by atoms with E-state index in [0.29, 0.717) is 5.06 Å². The molecule has 1 fully saturated rings. The van der Waals surface area contributed by atoms with E-state index in [1.807, 2.05) is 45.9 Å². The van der Waals surface area contributed by atoms with E-state index < -0.39 is 19.1 Å². The Kier molecular flexibility index (Phi) is 12.0. The van der Waals surface area contributed by atoms with Gasteiger partial charge in [-0.2, -0.15) is 0 Å².